The molecule has 0 rings (SSSR count). The number of nitrogens with two attached hydrogens (primary N) is 2. The Kier molecular flexibility index (Phi) is 6.70. The minimum atomic E-state index is -0.403. The van der Waals surface area contributed by atoms with Crippen molar-refractivity contribution < 1.29 is 10.3 Å². The second-order valence-corrected chi connectivity index (χ2v) is 2.15. The molecule has 4 heteroatoms. The summed E-state index contributed by atoms with van der Waals surface area (Å²) in [7, 11) is 0. The van der Waals surface area contributed by atoms with Crippen LogP contribution in [0.25, 0.3) is 0 Å². The van der Waals surface area contributed by atoms with Gasteiger partial charge in [-0.15, -0.1) is 0 Å². The lowest BCUT2D eigenvalue weighted by molar-refractivity contribution is 0.221. The molecule has 0 aliphatic heterocycles. The summed E-state index contributed by atoms with van der Waals surface area (Å²) < 4.78 is 0. The van der Waals surface area contributed by atoms with Crippen LogP contribution < -0.4 is 11.6 Å². The fourth-order valence-corrected chi connectivity index (χ4v) is 0. The largest absolute Gasteiger partial charge is 0.394 e. The highest BCUT2D eigenvalue weighted by molar-refractivity contribution is 4.67. The van der Waals surface area contributed by atoms with Crippen LogP contribution in [0.4, 0.5) is 0 Å². The molecule has 0 saturated carbocycles. The van der Waals surface area contributed by atoms with Crippen LogP contribution in [-0.4, -0.2) is 22.5 Å². The van der Waals surface area contributed by atoms with Gasteiger partial charge in [-0.05, 0) is 13.8 Å². The maximum Gasteiger partial charge on any atom is 0.0605 e. The lowest BCUT2D eigenvalue weighted by Gasteiger charge is -2.12. The zero-order chi connectivity index (χ0) is 7.21. The van der Waals surface area contributed by atoms with Gasteiger partial charge in [0.15, 0.2) is 0 Å². The van der Waals surface area contributed by atoms with Gasteiger partial charge in [0.1, 0.15) is 0 Å². The number of aliphatic hydroxyl groups excluding tert-OH is 1. The molecule has 0 aliphatic rings. The highest BCUT2D eigenvalue weighted by Gasteiger charge is 2.05. The van der Waals surface area contributed by atoms with E-state index in [4.69, 9.17) is 16.0 Å². The number of hydrogen-bond donors (Lipinski definition) is 4. The van der Waals surface area contributed by atoms with E-state index in [0.29, 0.717) is 0 Å². The van der Waals surface area contributed by atoms with E-state index >= 15 is 0 Å². The topological polar surface area (TPSA) is 92.5 Å². The molecular formula is C4H14N2O2. The summed E-state index contributed by atoms with van der Waals surface area (Å²) >= 11 is 0. The van der Waals surface area contributed by atoms with E-state index in [1.807, 2.05) is 0 Å². The Morgan fingerprint density at radius 1 is 1.38 bits per heavy atom. The van der Waals surface area contributed by atoms with Crippen LogP contribution in [0.3, 0.4) is 0 Å². The van der Waals surface area contributed by atoms with Crippen LogP contribution in [-0.2, 0) is 0 Å². The molecule has 0 saturated heterocycles. The third-order valence-electron chi connectivity index (χ3n) is 0.408. The average molecular weight is 122 g/mol. The van der Waals surface area contributed by atoms with Crippen molar-refractivity contribution in [3.05, 3.63) is 0 Å². The van der Waals surface area contributed by atoms with Gasteiger partial charge < -0.3 is 16.0 Å². The molecule has 6 N–H and O–H groups in total. The lowest BCUT2D eigenvalue weighted by atomic mass is 10.1. The fraction of sp³-hybridized carbons (Fsp3) is 1.00. The Morgan fingerprint density at radius 3 is 1.50 bits per heavy atom. The Hall–Kier alpha value is -0.160. The summed E-state index contributed by atoms with van der Waals surface area (Å²) in [5, 5.41) is 14.8. The van der Waals surface area contributed by atoms with E-state index in [1.54, 1.807) is 13.8 Å². The van der Waals surface area contributed by atoms with Gasteiger partial charge in [0.2, 0.25) is 0 Å². The average Bonchev–Trinajstić information content (AvgIpc) is 1.71. The van der Waals surface area contributed by atoms with Crippen molar-refractivity contribution in [2.75, 3.05) is 6.61 Å². The molecule has 0 atom stereocenters. The monoisotopic (exact) mass is 122 g/mol. The first kappa shape index (κ1) is 10.8. The van der Waals surface area contributed by atoms with Crippen molar-refractivity contribution in [3.8, 4) is 0 Å². The van der Waals surface area contributed by atoms with Gasteiger partial charge >= 0.3 is 0 Å². The summed E-state index contributed by atoms with van der Waals surface area (Å²) in [6.45, 7) is 3.59. The van der Waals surface area contributed by atoms with E-state index < -0.39 is 5.54 Å². The van der Waals surface area contributed by atoms with Gasteiger partial charge in [0.05, 0.1) is 6.61 Å². The molecule has 0 heterocycles. The zero-order valence-electron chi connectivity index (χ0n) is 5.26. The smallest absolute Gasteiger partial charge is 0.0605 e. The first-order valence-electron chi connectivity index (χ1n) is 2.22. The zero-order valence-corrected chi connectivity index (χ0v) is 5.26. The summed E-state index contributed by atoms with van der Waals surface area (Å²) in [5.74, 6) is 3.50. The third kappa shape index (κ3) is 17.0. The quantitative estimate of drug-likeness (QED) is 0.337. The Morgan fingerprint density at radius 2 is 1.50 bits per heavy atom. The maximum atomic E-state index is 8.28. The Balaban J connectivity index is 0. The minimum Gasteiger partial charge on any atom is -0.394 e. The highest BCUT2D eigenvalue weighted by Crippen LogP contribution is 1.89. The van der Waals surface area contributed by atoms with E-state index in [-0.39, 0.29) is 6.61 Å². The summed E-state index contributed by atoms with van der Waals surface area (Å²) in [4.78, 5) is 0. The summed E-state index contributed by atoms with van der Waals surface area (Å²) in [5.41, 5.74) is 4.88. The van der Waals surface area contributed by atoms with E-state index in [0.717, 1.165) is 0 Å². The third-order valence-corrected chi connectivity index (χ3v) is 0.408. The van der Waals surface area contributed by atoms with Crippen LogP contribution in [0.2, 0.25) is 0 Å². The molecular weight excluding hydrogens is 108 g/mol. The fourth-order valence-electron chi connectivity index (χ4n) is 0. The van der Waals surface area contributed by atoms with E-state index in [2.05, 4.69) is 5.90 Å². The highest BCUT2D eigenvalue weighted by atomic mass is 16.4. The van der Waals surface area contributed by atoms with E-state index in [9.17, 15) is 0 Å². The summed E-state index contributed by atoms with van der Waals surface area (Å²) in [6.07, 6.45) is 0. The van der Waals surface area contributed by atoms with Gasteiger partial charge in [-0.1, -0.05) is 0 Å². The molecule has 8 heavy (non-hydrogen) atoms. The van der Waals surface area contributed by atoms with Crippen LogP contribution in [0.1, 0.15) is 13.8 Å². The SMILES string of the molecule is CC(C)(N)CO.NO. The van der Waals surface area contributed by atoms with Crippen LogP contribution >= 0.6 is 0 Å². The molecule has 0 fully saturated rings. The molecule has 0 aromatic rings. The van der Waals surface area contributed by atoms with Crippen molar-refractivity contribution in [2.45, 2.75) is 19.4 Å². The molecule has 0 aliphatic carbocycles. The number of aliphatic hydroxyl groups is 1. The van der Waals surface area contributed by atoms with Crippen LogP contribution in [0, 0.1) is 0 Å². The molecule has 0 spiro atoms. The Bertz CT molecular complexity index is 41.8. The number of hydrogen-bond acceptors (Lipinski definition) is 4. The van der Waals surface area contributed by atoms with Gasteiger partial charge in [0.25, 0.3) is 0 Å². The van der Waals surface area contributed by atoms with E-state index in [1.165, 1.54) is 0 Å². The second kappa shape index (κ2) is 4.99. The second-order valence-electron chi connectivity index (χ2n) is 2.15. The van der Waals surface area contributed by atoms with Gasteiger partial charge in [-0.2, -0.15) is 0 Å². The van der Waals surface area contributed by atoms with Crippen molar-refractivity contribution in [1.82, 2.24) is 0 Å². The molecule has 4 nitrogen and oxygen atoms in total. The van der Waals surface area contributed by atoms with Crippen LogP contribution in [0.15, 0.2) is 0 Å². The number of rotatable bonds is 1. The first-order chi connectivity index (χ1) is 3.56. The van der Waals surface area contributed by atoms with Crippen molar-refractivity contribution in [2.24, 2.45) is 11.6 Å². The van der Waals surface area contributed by atoms with Crippen molar-refractivity contribution >= 4 is 0 Å². The minimum absolute atomic E-state index is 0.0486. The van der Waals surface area contributed by atoms with Crippen molar-refractivity contribution in [3.63, 3.8) is 0 Å². The first-order valence-corrected chi connectivity index (χ1v) is 2.22. The predicted molar refractivity (Wildman–Crippen MR) is 31.3 cm³/mol. The van der Waals surface area contributed by atoms with Gasteiger partial charge in [0, 0.05) is 5.54 Å². The van der Waals surface area contributed by atoms with Crippen molar-refractivity contribution in [1.29, 1.82) is 0 Å². The molecule has 0 radical (unpaired) electrons. The van der Waals surface area contributed by atoms with Gasteiger partial charge in [-0.25, -0.2) is 5.90 Å². The summed E-state index contributed by atoms with van der Waals surface area (Å²) in [6, 6.07) is 0. The molecule has 0 bridgehead atoms. The van der Waals surface area contributed by atoms with Crippen LogP contribution in [0.5, 0.6) is 0 Å². The molecule has 0 amide bonds. The maximum absolute atomic E-state index is 8.28. The standard InChI is InChI=1S/C4H11NO.H3NO/c1-4(2,5)3-6;1-2/h6H,3,5H2,1-2H3;2H,1H2. The normalized spacial score (nSPS) is 9.75. The predicted octanol–water partition coefficient (Wildman–Crippen LogP) is -0.950. The Labute approximate surface area is 49.1 Å². The molecule has 0 aromatic carbocycles. The van der Waals surface area contributed by atoms with Gasteiger partial charge in [-0.3, -0.25) is 0 Å². The lowest BCUT2D eigenvalue weighted by Crippen LogP contribution is -2.35. The molecule has 0 unspecified atom stereocenters. The molecule has 52 valence electrons. The molecule has 0 aromatic heterocycles.